The first kappa shape index (κ1) is 15.3. The number of carbonyl (C=O) groups is 1. The highest BCUT2D eigenvalue weighted by Crippen LogP contribution is 2.20. The van der Waals surface area contributed by atoms with Gasteiger partial charge in [0.15, 0.2) is 9.84 Å². The van der Waals surface area contributed by atoms with E-state index >= 15 is 0 Å². The Kier molecular flexibility index (Phi) is 4.09. The molecule has 6 nitrogen and oxygen atoms in total. The molecule has 0 saturated carbocycles. The van der Waals surface area contributed by atoms with Crippen LogP contribution in [0.25, 0.3) is 0 Å². The number of benzene rings is 1. The standard InChI is InChI=1S/C12H18N2O4S/c1-12(2,19(3,17)18)7-14-11(16)8-4-5-9(13)10(15)6-8/h4-6,15H,7,13H2,1-3H3,(H,14,16). The van der Waals surface area contributed by atoms with Crippen LogP contribution in [0.1, 0.15) is 24.2 Å². The van der Waals surface area contributed by atoms with Gasteiger partial charge in [0, 0.05) is 18.4 Å². The van der Waals surface area contributed by atoms with Crippen LogP contribution in [0.3, 0.4) is 0 Å². The summed E-state index contributed by atoms with van der Waals surface area (Å²) in [4.78, 5) is 11.8. The fourth-order valence-corrected chi connectivity index (χ4v) is 1.55. The van der Waals surface area contributed by atoms with E-state index in [0.29, 0.717) is 0 Å². The molecule has 0 aliphatic heterocycles. The van der Waals surface area contributed by atoms with E-state index in [1.807, 2.05) is 0 Å². The van der Waals surface area contributed by atoms with Crippen molar-refractivity contribution in [3.8, 4) is 5.75 Å². The Labute approximate surface area is 112 Å². The van der Waals surface area contributed by atoms with Crippen LogP contribution in [0.2, 0.25) is 0 Å². The number of phenolic OH excluding ortho intramolecular Hbond substituents is 1. The summed E-state index contributed by atoms with van der Waals surface area (Å²) in [6, 6.07) is 4.10. The van der Waals surface area contributed by atoms with Crippen LogP contribution >= 0.6 is 0 Å². The normalized spacial score (nSPS) is 12.2. The SMILES string of the molecule is CC(C)(CNC(=O)c1ccc(N)c(O)c1)S(C)(=O)=O. The van der Waals surface area contributed by atoms with Gasteiger partial charge in [-0.1, -0.05) is 0 Å². The fraction of sp³-hybridized carbons (Fsp3) is 0.417. The van der Waals surface area contributed by atoms with Gasteiger partial charge < -0.3 is 16.2 Å². The molecule has 0 heterocycles. The zero-order chi connectivity index (χ0) is 14.8. The Hall–Kier alpha value is -1.76. The van der Waals surface area contributed by atoms with Gasteiger partial charge in [-0.15, -0.1) is 0 Å². The number of hydrogen-bond acceptors (Lipinski definition) is 5. The molecule has 106 valence electrons. The lowest BCUT2D eigenvalue weighted by Crippen LogP contribution is -2.43. The number of phenols is 1. The van der Waals surface area contributed by atoms with Crippen molar-refractivity contribution in [2.24, 2.45) is 0 Å². The smallest absolute Gasteiger partial charge is 0.251 e. The number of nitrogens with one attached hydrogen (secondary N) is 1. The third-order valence-corrected chi connectivity index (χ3v) is 5.12. The van der Waals surface area contributed by atoms with E-state index in [1.165, 1.54) is 32.0 Å². The number of sulfone groups is 1. The summed E-state index contributed by atoms with van der Waals surface area (Å²) in [5.74, 6) is -0.651. The number of aromatic hydroxyl groups is 1. The van der Waals surface area contributed by atoms with Gasteiger partial charge in [-0.3, -0.25) is 4.79 Å². The highest BCUT2D eigenvalue weighted by molar-refractivity contribution is 7.92. The Morgan fingerprint density at radius 1 is 1.42 bits per heavy atom. The maximum absolute atomic E-state index is 11.8. The van der Waals surface area contributed by atoms with Crippen molar-refractivity contribution in [1.29, 1.82) is 0 Å². The van der Waals surface area contributed by atoms with Gasteiger partial charge in [0.05, 0.1) is 10.4 Å². The third kappa shape index (κ3) is 3.60. The second-order valence-electron chi connectivity index (χ2n) is 4.99. The summed E-state index contributed by atoms with van der Waals surface area (Å²) in [5, 5.41) is 11.9. The minimum Gasteiger partial charge on any atom is -0.506 e. The van der Waals surface area contributed by atoms with Gasteiger partial charge in [0.25, 0.3) is 5.91 Å². The number of nitrogen functional groups attached to an aromatic ring is 1. The molecule has 19 heavy (non-hydrogen) atoms. The van der Waals surface area contributed by atoms with Crippen LogP contribution in [0.5, 0.6) is 5.75 Å². The Morgan fingerprint density at radius 2 is 2.00 bits per heavy atom. The number of amides is 1. The second-order valence-corrected chi connectivity index (χ2v) is 7.64. The van der Waals surface area contributed by atoms with E-state index in [2.05, 4.69) is 5.32 Å². The molecule has 0 aromatic heterocycles. The molecule has 0 atom stereocenters. The Balaban J connectivity index is 2.79. The first-order chi connectivity index (χ1) is 8.54. The predicted octanol–water partition coefficient (Wildman–Crippen LogP) is 0.527. The molecule has 0 bridgehead atoms. The zero-order valence-electron chi connectivity index (χ0n) is 11.1. The summed E-state index contributed by atoms with van der Waals surface area (Å²) < 4.78 is 21.9. The number of carbonyl (C=O) groups excluding carboxylic acids is 1. The molecule has 1 aromatic carbocycles. The largest absolute Gasteiger partial charge is 0.506 e. The monoisotopic (exact) mass is 286 g/mol. The van der Waals surface area contributed by atoms with Crippen molar-refractivity contribution in [3.63, 3.8) is 0 Å². The molecule has 7 heteroatoms. The minimum absolute atomic E-state index is 0.0181. The van der Waals surface area contributed by atoms with E-state index < -0.39 is 20.5 Å². The van der Waals surface area contributed by atoms with Crippen LogP contribution in [-0.4, -0.2) is 37.0 Å². The Bertz CT molecular complexity index is 594. The summed E-state index contributed by atoms with van der Waals surface area (Å²) in [6.07, 6.45) is 1.12. The molecular weight excluding hydrogens is 268 g/mol. The highest BCUT2D eigenvalue weighted by atomic mass is 32.2. The minimum atomic E-state index is -3.28. The fourth-order valence-electron chi connectivity index (χ4n) is 1.21. The van der Waals surface area contributed by atoms with Crippen LogP contribution in [-0.2, 0) is 9.84 Å². The number of nitrogens with two attached hydrogens (primary N) is 1. The number of rotatable bonds is 4. The van der Waals surface area contributed by atoms with Gasteiger partial charge >= 0.3 is 0 Å². The average molecular weight is 286 g/mol. The van der Waals surface area contributed by atoms with Crippen LogP contribution < -0.4 is 11.1 Å². The summed E-state index contributed by atoms with van der Waals surface area (Å²) in [6.45, 7) is 3.04. The van der Waals surface area contributed by atoms with E-state index in [-0.39, 0.29) is 23.5 Å². The lowest BCUT2D eigenvalue weighted by molar-refractivity contribution is 0.0950. The molecule has 1 amide bonds. The van der Waals surface area contributed by atoms with E-state index in [9.17, 15) is 18.3 Å². The molecule has 0 fully saturated rings. The van der Waals surface area contributed by atoms with Gasteiger partial charge in [0.2, 0.25) is 0 Å². The van der Waals surface area contributed by atoms with Crippen molar-refractivity contribution >= 4 is 21.4 Å². The molecule has 0 radical (unpaired) electrons. The highest BCUT2D eigenvalue weighted by Gasteiger charge is 2.30. The average Bonchev–Trinajstić information content (AvgIpc) is 2.28. The van der Waals surface area contributed by atoms with E-state index in [1.54, 1.807) is 0 Å². The molecule has 0 aliphatic carbocycles. The number of hydrogen-bond donors (Lipinski definition) is 3. The van der Waals surface area contributed by atoms with Crippen LogP contribution in [0.4, 0.5) is 5.69 Å². The second kappa shape index (κ2) is 5.08. The van der Waals surface area contributed by atoms with Gasteiger partial charge in [-0.2, -0.15) is 0 Å². The molecule has 1 aromatic rings. The van der Waals surface area contributed by atoms with Crippen molar-refractivity contribution < 1.29 is 18.3 Å². The molecule has 0 aliphatic rings. The van der Waals surface area contributed by atoms with Crippen molar-refractivity contribution in [2.45, 2.75) is 18.6 Å². The van der Waals surface area contributed by atoms with Crippen molar-refractivity contribution in [3.05, 3.63) is 23.8 Å². The van der Waals surface area contributed by atoms with Crippen LogP contribution in [0.15, 0.2) is 18.2 Å². The van der Waals surface area contributed by atoms with Gasteiger partial charge in [-0.05, 0) is 32.0 Å². The molecule has 0 unspecified atom stereocenters. The van der Waals surface area contributed by atoms with Crippen molar-refractivity contribution in [1.82, 2.24) is 5.32 Å². The molecule has 0 saturated heterocycles. The van der Waals surface area contributed by atoms with Gasteiger partial charge in [-0.25, -0.2) is 8.42 Å². The topological polar surface area (TPSA) is 109 Å². The zero-order valence-corrected chi connectivity index (χ0v) is 11.9. The third-order valence-electron chi connectivity index (χ3n) is 2.97. The molecule has 4 N–H and O–H groups in total. The van der Waals surface area contributed by atoms with E-state index in [4.69, 9.17) is 5.73 Å². The maximum Gasteiger partial charge on any atom is 0.251 e. The lowest BCUT2D eigenvalue weighted by atomic mass is 10.1. The summed E-state index contributed by atoms with van der Waals surface area (Å²) >= 11 is 0. The maximum atomic E-state index is 11.8. The molecule has 1 rings (SSSR count). The van der Waals surface area contributed by atoms with E-state index in [0.717, 1.165) is 6.26 Å². The lowest BCUT2D eigenvalue weighted by Gasteiger charge is -2.22. The van der Waals surface area contributed by atoms with Crippen molar-refractivity contribution in [2.75, 3.05) is 18.5 Å². The quantitative estimate of drug-likeness (QED) is 0.552. The Morgan fingerprint density at radius 3 is 2.47 bits per heavy atom. The predicted molar refractivity (Wildman–Crippen MR) is 73.8 cm³/mol. The number of anilines is 1. The van der Waals surface area contributed by atoms with Crippen LogP contribution in [0, 0.1) is 0 Å². The molecular formula is C12H18N2O4S. The summed E-state index contributed by atoms with van der Waals surface area (Å²) in [5.41, 5.74) is 5.82. The molecule has 0 spiro atoms. The van der Waals surface area contributed by atoms with Gasteiger partial charge in [0.1, 0.15) is 5.75 Å². The first-order valence-corrected chi connectivity index (χ1v) is 7.50. The first-order valence-electron chi connectivity index (χ1n) is 5.61. The summed E-state index contributed by atoms with van der Waals surface area (Å²) in [7, 11) is -3.28.